The fourth-order valence-corrected chi connectivity index (χ4v) is 0.691. The van der Waals surface area contributed by atoms with E-state index in [-0.39, 0.29) is 0 Å². The third-order valence-electron chi connectivity index (χ3n) is 1.32. The van der Waals surface area contributed by atoms with Crippen molar-refractivity contribution in [1.82, 2.24) is 0 Å². The highest BCUT2D eigenvalue weighted by atomic mass is 13.9. The maximum Gasteiger partial charge on any atom is -0.0285 e. The molecule has 0 nitrogen and oxygen atoms in total. The van der Waals surface area contributed by atoms with Crippen molar-refractivity contribution in [1.29, 1.82) is 0 Å². The van der Waals surface area contributed by atoms with Gasteiger partial charge in [0.05, 0.1) is 0 Å². The minimum absolute atomic E-state index is 1.11. The van der Waals surface area contributed by atoms with Gasteiger partial charge in [0, 0.05) is 0 Å². The summed E-state index contributed by atoms with van der Waals surface area (Å²) in [4.78, 5) is 0. The molecule has 0 unspecified atom stereocenters. The molecule has 12 heavy (non-hydrogen) atoms. The second-order valence-corrected chi connectivity index (χ2v) is 2.36. The van der Waals surface area contributed by atoms with Crippen LogP contribution in [0.5, 0.6) is 0 Å². The van der Waals surface area contributed by atoms with E-state index in [0.29, 0.717) is 0 Å². The van der Waals surface area contributed by atoms with Gasteiger partial charge in [0.25, 0.3) is 0 Å². The van der Waals surface area contributed by atoms with Crippen LogP contribution in [0, 0.1) is 0 Å². The molecule has 0 saturated heterocycles. The molecule has 0 atom stereocenters. The summed E-state index contributed by atoms with van der Waals surface area (Å²) in [5.74, 6) is 0. The minimum Gasteiger partial charge on any atom is -0.0991 e. The van der Waals surface area contributed by atoms with Crippen LogP contribution in [0.15, 0.2) is 37.0 Å². The quantitative estimate of drug-likeness (QED) is 0.527. The molecule has 0 spiro atoms. The van der Waals surface area contributed by atoms with Crippen molar-refractivity contribution in [2.24, 2.45) is 0 Å². The second kappa shape index (κ2) is 12.9. The average Bonchev–Trinajstić information content (AvgIpc) is 2.14. The van der Waals surface area contributed by atoms with Crippen LogP contribution in [0.1, 0.15) is 40.0 Å². The number of allylic oxidation sites excluding steroid dienone is 4. The summed E-state index contributed by atoms with van der Waals surface area (Å²) in [5, 5.41) is 0. The smallest absolute Gasteiger partial charge is 0.0285 e. The third-order valence-corrected chi connectivity index (χ3v) is 1.32. The van der Waals surface area contributed by atoms with Crippen LogP contribution in [0.4, 0.5) is 0 Å². The van der Waals surface area contributed by atoms with Gasteiger partial charge in [-0.05, 0) is 12.8 Å². The van der Waals surface area contributed by atoms with E-state index < -0.39 is 0 Å². The normalized spacial score (nSPS) is 8.92. The Morgan fingerprint density at radius 1 is 1.33 bits per heavy atom. The average molecular weight is 166 g/mol. The lowest BCUT2D eigenvalue weighted by molar-refractivity contribution is 0.799. The second-order valence-electron chi connectivity index (χ2n) is 2.36. The van der Waals surface area contributed by atoms with Crippen LogP contribution >= 0.6 is 0 Å². The predicted octanol–water partition coefficient (Wildman–Crippen LogP) is 4.50. The molecule has 0 aliphatic rings. The molecule has 70 valence electrons. The zero-order valence-corrected chi connectivity index (χ0v) is 8.77. The number of unbranched alkanes of at least 4 members (excludes halogenated alkanes) is 1. The topological polar surface area (TPSA) is 0 Å². The first kappa shape index (κ1) is 13.8. The lowest BCUT2D eigenvalue weighted by Gasteiger charge is -1.94. The summed E-state index contributed by atoms with van der Waals surface area (Å²) in [7, 11) is 0. The summed E-state index contributed by atoms with van der Waals surface area (Å²) in [6.45, 7) is 13.7. The Labute approximate surface area is 77.7 Å². The standard InChI is InChI=1S/C10H16.C2H6/c1-4-6-8-10(3)9-7-5-2;1-2/h4,6,8H,1,3,5,7,9H2,2H3;1-2H3/b8-6-;. The maximum atomic E-state index is 3.90. The van der Waals surface area contributed by atoms with Gasteiger partial charge in [-0.15, -0.1) is 0 Å². The highest BCUT2D eigenvalue weighted by Gasteiger charge is 1.85. The molecule has 0 fully saturated rings. The van der Waals surface area contributed by atoms with Crippen molar-refractivity contribution in [3.8, 4) is 0 Å². The van der Waals surface area contributed by atoms with Crippen LogP contribution in [-0.2, 0) is 0 Å². The molecule has 0 aromatic carbocycles. The molecule has 0 bridgehead atoms. The van der Waals surface area contributed by atoms with Gasteiger partial charge in [-0.2, -0.15) is 0 Å². The molecule has 0 aliphatic carbocycles. The molecule has 0 heterocycles. The monoisotopic (exact) mass is 166 g/mol. The molecular weight excluding hydrogens is 144 g/mol. The van der Waals surface area contributed by atoms with Gasteiger partial charge in [0.2, 0.25) is 0 Å². The van der Waals surface area contributed by atoms with Crippen molar-refractivity contribution in [3.63, 3.8) is 0 Å². The molecule has 0 aromatic rings. The van der Waals surface area contributed by atoms with Crippen LogP contribution in [0.25, 0.3) is 0 Å². The largest absolute Gasteiger partial charge is 0.0991 e. The lowest BCUT2D eigenvalue weighted by atomic mass is 10.1. The SMILES string of the molecule is C=C/C=C\C(=C)CCCC.CC. The number of hydrogen-bond acceptors (Lipinski definition) is 0. The van der Waals surface area contributed by atoms with Crippen LogP contribution in [0.3, 0.4) is 0 Å². The first-order valence-corrected chi connectivity index (χ1v) is 4.78. The van der Waals surface area contributed by atoms with Crippen molar-refractivity contribution in [2.75, 3.05) is 0 Å². The summed E-state index contributed by atoms with van der Waals surface area (Å²) in [6.07, 6.45) is 9.31. The summed E-state index contributed by atoms with van der Waals surface area (Å²) in [5.41, 5.74) is 1.20. The molecular formula is C12H22. The summed E-state index contributed by atoms with van der Waals surface area (Å²) in [6, 6.07) is 0. The van der Waals surface area contributed by atoms with Gasteiger partial charge in [0.1, 0.15) is 0 Å². The molecule has 0 rings (SSSR count). The first-order valence-electron chi connectivity index (χ1n) is 4.78. The van der Waals surface area contributed by atoms with Gasteiger partial charge in [-0.3, -0.25) is 0 Å². The lowest BCUT2D eigenvalue weighted by Crippen LogP contribution is -1.74. The van der Waals surface area contributed by atoms with E-state index in [4.69, 9.17) is 0 Å². The Kier molecular flexibility index (Phi) is 14.8. The van der Waals surface area contributed by atoms with E-state index in [2.05, 4.69) is 20.1 Å². The first-order chi connectivity index (χ1) is 5.81. The van der Waals surface area contributed by atoms with Gasteiger partial charge in [0.15, 0.2) is 0 Å². The van der Waals surface area contributed by atoms with E-state index in [1.165, 1.54) is 18.4 Å². The highest BCUT2D eigenvalue weighted by Crippen LogP contribution is 2.05. The van der Waals surface area contributed by atoms with Gasteiger partial charge >= 0.3 is 0 Å². The van der Waals surface area contributed by atoms with E-state index in [1.807, 2.05) is 26.0 Å². The number of hydrogen-bond donors (Lipinski definition) is 0. The van der Waals surface area contributed by atoms with Crippen molar-refractivity contribution in [3.05, 3.63) is 37.0 Å². The van der Waals surface area contributed by atoms with Gasteiger partial charge < -0.3 is 0 Å². The van der Waals surface area contributed by atoms with E-state index in [1.54, 1.807) is 6.08 Å². The predicted molar refractivity (Wildman–Crippen MR) is 59.4 cm³/mol. The van der Waals surface area contributed by atoms with E-state index >= 15 is 0 Å². The Morgan fingerprint density at radius 2 is 1.92 bits per heavy atom. The van der Waals surface area contributed by atoms with Crippen molar-refractivity contribution >= 4 is 0 Å². The molecule has 0 radical (unpaired) electrons. The van der Waals surface area contributed by atoms with Crippen LogP contribution in [0.2, 0.25) is 0 Å². The minimum atomic E-state index is 1.11. The highest BCUT2D eigenvalue weighted by molar-refractivity contribution is 5.17. The number of rotatable bonds is 5. The van der Waals surface area contributed by atoms with Gasteiger partial charge in [-0.1, -0.05) is 64.2 Å². The van der Waals surface area contributed by atoms with Crippen LogP contribution in [-0.4, -0.2) is 0 Å². The zero-order chi connectivity index (χ0) is 9.82. The Morgan fingerprint density at radius 3 is 2.33 bits per heavy atom. The van der Waals surface area contributed by atoms with Crippen molar-refractivity contribution in [2.45, 2.75) is 40.0 Å². The molecule has 0 aliphatic heterocycles. The molecule has 0 aromatic heterocycles. The Hall–Kier alpha value is -0.780. The molecule has 0 saturated carbocycles. The van der Waals surface area contributed by atoms with Crippen molar-refractivity contribution < 1.29 is 0 Å². The summed E-state index contributed by atoms with van der Waals surface area (Å²) >= 11 is 0. The molecule has 0 N–H and O–H groups in total. The zero-order valence-electron chi connectivity index (χ0n) is 8.77. The van der Waals surface area contributed by atoms with E-state index in [9.17, 15) is 0 Å². The summed E-state index contributed by atoms with van der Waals surface area (Å²) < 4.78 is 0. The fraction of sp³-hybridized carbons (Fsp3) is 0.500. The molecule has 0 amide bonds. The molecule has 0 heteroatoms. The van der Waals surface area contributed by atoms with Crippen LogP contribution < -0.4 is 0 Å². The Balaban J connectivity index is 0. The fourth-order valence-electron chi connectivity index (χ4n) is 0.691. The maximum absolute atomic E-state index is 3.90. The Bertz CT molecular complexity index is 129. The third kappa shape index (κ3) is 12.0. The van der Waals surface area contributed by atoms with Gasteiger partial charge in [-0.25, -0.2) is 0 Å². The van der Waals surface area contributed by atoms with E-state index in [0.717, 1.165) is 6.42 Å².